The lowest BCUT2D eigenvalue weighted by atomic mass is 10.2. The smallest absolute Gasteiger partial charge is 0.322 e. The second-order valence-corrected chi connectivity index (χ2v) is 10.2. The molecule has 0 fully saturated rings. The number of rotatable bonds is 8. The van der Waals surface area contributed by atoms with E-state index in [2.05, 4.69) is 30.2 Å². The van der Waals surface area contributed by atoms with Gasteiger partial charge >= 0.3 is 6.01 Å². The number of ether oxygens (including phenoxy) is 1. The van der Waals surface area contributed by atoms with Crippen molar-refractivity contribution in [3.63, 3.8) is 0 Å². The third kappa shape index (κ3) is 4.74. The van der Waals surface area contributed by atoms with E-state index >= 15 is 0 Å². The molecule has 0 aliphatic heterocycles. The molecule has 13 heteroatoms. The van der Waals surface area contributed by atoms with Gasteiger partial charge in [0.2, 0.25) is 5.91 Å². The molecule has 174 valence electrons. The molecule has 0 saturated carbocycles. The highest BCUT2D eigenvalue weighted by Gasteiger charge is 2.27. The van der Waals surface area contributed by atoms with E-state index in [0.29, 0.717) is 23.8 Å². The second-order valence-electron chi connectivity index (χ2n) is 7.33. The minimum atomic E-state index is -3.92. The first-order valence-electron chi connectivity index (χ1n) is 10.1. The van der Waals surface area contributed by atoms with Crippen molar-refractivity contribution in [3.8, 4) is 11.8 Å². The number of nitrogens with one attached hydrogen (secondary N) is 3. The number of aromatic nitrogens is 5. The summed E-state index contributed by atoms with van der Waals surface area (Å²) in [5.74, 6) is 0.659. The molecule has 4 aromatic rings. The van der Waals surface area contributed by atoms with Crippen LogP contribution in [0.3, 0.4) is 0 Å². The van der Waals surface area contributed by atoms with Crippen molar-refractivity contribution in [1.82, 2.24) is 29.5 Å². The van der Waals surface area contributed by atoms with Gasteiger partial charge < -0.3 is 15.0 Å². The first-order chi connectivity index (χ1) is 15.7. The number of aromatic amines is 1. The monoisotopic (exact) mass is 489 g/mol. The number of anilines is 1. The van der Waals surface area contributed by atoms with E-state index in [1.807, 2.05) is 37.4 Å². The van der Waals surface area contributed by atoms with Crippen LogP contribution in [0.2, 0.25) is 0 Å². The maximum Gasteiger partial charge on any atom is 0.322 e. The fourth-order valence-corrected chi connectivity index (χ4v) is 6.04. The number of nitrogens with zero attached hydrogens (tertiary/aromatic N) is 4. The molecule has 0 radical (unpaired) electrons. The van der Waals surface area contributed by atoms with E-state index in [0.717, 1.165) is 22.2 Å². The highest BCUT2D eigenvalue weighted by Crippen LogP contribution is 2.29. The van der Waals surface area contributed by atoms with Crippen molar-refractivity contribution in [2.45, 2.75) is 44.5 Å². The van der Waals surface area contributed by atoms with Crippen LogP contribution in [0.5, 0.6) is 11.8 Å². The van der Waals surface area contributed by atoms with Gasteiger partial charge in [0.15, 0.2) is 15.2 Å². The number of H-pyrrole nitrogens is 1. The number of fused-ring (bicyclic) bond motifs is 1. The second kappa shape index (κ2) is 8.92. The van der Waals surface area contributed by atoms with Gasteiger partial charge in [-0.15, -0.1) is 5.10 Å². The number of benzene rings is 1. The van der Waals surface area contributed by atoms with Crippen LogP contribution in [0.1, 0.15) is 38.3 Å². The van der Waals surface area contributed by atoms with Crippen LogP contribution in [-0.2, 0) is 21.4 Å². The van der Waals surface area contributed by atoms with E-state index in [-0.39, 0.29) is 21.3 Å². The van der Waals surface area contributed by atoms with E-state index in [1.165, 1.54) is 6.92 Å². The topological polar surface area (TPSA) is 144 Å². The molecule has 0 saturated heterocycles. The van der Waals surface area contributed by atoms with Crippen LogP contribution in [0, 0.1) is 6.92 Å². The summed E-state index contributed by atoms with van der Waals surface area (Å²) in [7, 11) is -3.92. The van der Waals surface area contributed by atoms with E-state index in [4.69, 9.17) is 4.74 Å². The highest BCUT2D eigenvalue weighted by molar-refractivity contribution is 7.91. The molecule has 3 aromatic heterocycles. The Hall–Kier alpha value is -3.29. The summed E-state index contributed by atoms with van der Waals surface area (Å²) in [5, 5.41) is 12.1. The van der Waals surface area contributed by atoms with Crippen LogP contribution >= 0.6 is 11.3 Å². The Morgan fingerprint density at radius 1 is 1.30 bits per heavy atom. The molecule has 0 bridgehead atoms. The number of hydrogen-bond donors (Lipinski definition) is 3. The predicted molar refractivity (Wildman–Crippen MR) is 124 cm³/mol. The number of hydrogen-bond acceptors (Lipinski definition) is 8. The van der Waals surface area contributed by atoms with Crippen LogP contribution in [0.25, 0.3) is 10.9 Å². The molecule has 0 aliphatic rings. The number of carbonyl (C=O) groups is 1. The summed E-state index contributed by atoms with van der Waals surface area (Å²) >= 11 is 0.886. The largest absolute Gasteiger partial charge is 0.424 e. The van der Waals surface area contributed by atoms with E-state index in [1.54, 1.807) is 18.4 Å². The van der Waals surface area contributed by atoms with Crippen molar-refractivity contribution >= 4 is 43.3 Å². The van der Waals surface area contributed by atoms with Gasteiger partial charge in [0, 0.05) is 31.2 Å². The maximum atomic E-state index is 13.0. The zero-order chi connectivity index (χ0) is 23.8. The normalized spacial score (nSPS) is 12.7. The lowest BCUT2D eigenvalue weighted by Gasteiger charge is -2.15. The molecule has 33 heavy (non-hydrogen) atoms. The Bertz CT molecular complexity index is 1420. The quantitative estimate of drug-likeness (QED) is 0.344. The Morgan fingerprint density at radius 3 is 2.82 bits per heavy atom. The molecule has 0 unspecified atom stereocenters. The first kappa shape index (κ1) is 22.9. The van der Waals surface area contributed by atoms with Gasteiger partial charge in [0.05, 0.1) is 11.7 Å². The predicted octanol–water partition coefficient (Wildman–Crippen LogP) is 3.33. The van der Waals surface area contributed by atoms with Crippen LogP contribution in [0.15, 0.2) is 34.7 Å². The average molecular weight is 490 g/mol. The standard InChI is InChI=1S/C20H23N7O4S2/c1-5-27-17(24-25-20(27)31-15-7-6-14-8-9-21-16(14)10-15)11(2)26-33(29,30)18-12(3)22-19(32-18)23-13(4)28/h6-11,21,26H,5H2,1-4H3,(H,22,23,28)/t11-/m1/s1. The minimum Gasteiger partial charge on any atom is -0.424 e. The van der Waals surface area contributed by atoms with Crippen LogP contribution in [0.4, 0.5) is 5.13 Å². The summed E-state index contributed by atoms with van der Waals surface area (Å²) in [5.41, 5.74) is 1.22. The highest BCUT2D eigenvalue weighted by atomic mass is 32.2. The first-order valence-corrected chi connectivity index (χ1v) is 12.4. The summed E-state index contributed by atoms with van der Waals surface area (Å²) < 4.78 is 36.2. The summed E-state index contributed by atoms with van der Waals surface area (Å²) in [6.45, 7) is 6.94. The third-order valence-electron chi connectivity index (χ3n) is 4.80. The van der Waals surface area contributed by atoms with Gasteiger partial charge in [-0.1, -0.05) is 16.4 Å². The van der Waals surface area contributed by atoms with Crippen molar-refractivity contribution in [2.24, 2.45) is 0 Å². The fraction of sp³-hybridized carbons (Fsp3) is 0.300. The summed E-state index contributed by atoms with van der Waals surface area (Å²) in [6, 6.07) is 7.13. The minimum absolute atomic E-state index is 0.0244. The fourth-order valence-electron chi connectivity index (χ4n) is 3.36. The molecule has 3 N–H and O–H groups in total. The molecule has 11 nitrogen and oxygen atoms in total. The molecule has 1 atom stereocenters. The molecule has 0 spiro atoms. The lowest BCUT2D eigenvalue weighted by Crippen LogP contribution is -2.28. The van der Waals surface area contributed by atoms with Gasteiger partial charge in [-0.2, -0.15) is 4.72 Å². The Kier molecular flexibility index (Phi) is 6.19. The van der Waals surface area contributed by atoms with Gasteiger partial charge in [-0.05, 0) is 44.4 Å². The molecule has 1 amide bonds. The zero-order valence-corrected chi connectivity index (χ0v) is 20.0. The average Bonchev–Trinajstić information content (AvgIpc) is 3.45. The summed E-state index contributed by atoms with van der Waals surface area (Å²) in [6.07, 6.45) is 1.85. The van der Waals surface area contributed by atoms with Crippen LogP contribution < -0.4 is 14.8 Å². The van der Waals surface area contributed by atoms with Crippen LogP contribution in [-0.4, -0.2) is 39.1 Å². The number of amides is 1. The number of aryl methyl sites for hydroxylation is 1. The molecule has 1 aromatic carbocycles. The van der Waals surface area contributed by atoms with E-state index in [9.17, 15) is 13.2 Å². The van der Waals surface area contributed by atoms with Gasteiger partial charge in [0.1, 0.15) is 5.75 Å². The Balaban J connectivity index is 1.56. The van der Waals surface area contributed by atoms with Crippen molar-refractivity contribution in [3.05, 3.63) is 42.0 Å². The Morgan fingerprint density at radius 2 is 2.09 bits per heavy atom. The molecular weight excluding hydrogens is 466 g/mol. The van der Waals surface area contributed by atoms with Gasteiger partial charge in [-0.25, -0.2) is 13.4 Å². The molecule has 0 aliphatic carbocycles. The van der Waals surface area contributed by atoms with E-state index < -0.39 is 16.1 Å². The van der Waals surface area contributed by atoms with Crippen molar-refractivity contribution in [2.75, 3.05) is 5.32 Å². The zero-order valence-electron chi connectivity index (χ0n) is 18.4. The third-order valence-corrected chi connectivity index (χ3v) is 8.02. The molecule has 3 heterocycles. The van der Waals surface area contributed by atoms with Crippen molar-refractivity contribution < 1.29 is 17.9 Å². The summed E-state index contributed by atoms with van der Waals surface area (Å²) in [4.78, 5) is 18.5. The lowest BCUT2D eigenvalue weighted by molar-refractivity contribution is -0.114. The number of sulfonamides is 1. The van der Waals surface area contributed by atoms with Gasteiger partial charge in [-0.3, -0.25) is 9.36 Å². The van der Waals surface area contributed by atoms with Gasteiger partial charge in [0.25, 0.3) is 10.0 Å². The maximum absolute atomic E-state index is 13.0. The van der Waals surface area contributed by atoms with Crippen molar-refractivity contribution in [1.29, 1.82) is 0 Å². The SMILES string of the molecule is CCn1c(Oc2ccc3cc[nH]c3c2)nnc1[C@@H](C)NS(=O)(=O)c1sc(NC(C)=O)nc1C. The number of thiazole rings is 1. The molecule has 4 rings (SSSR count). The molecular formula is C20H23N7O4S2. The number of carbonyl (C=O) groups excluding carboxylic acids is 1. The Labute approximate surface area is 194 Å².